The molecule has 1 N–H and O–H groups in total. The van der Waals surface area contributed by atoms with E-state index in [0.717, 1.165) is 25.1 Å². The van der Waals surface area contributed by atoms with Gasteiger partial charge in [0.2, 0.25) is 0 Å². The van der Waals surface area contributed by atoms with Crippen molar-refractivity contribution in [2.75, 3.05) is 25.6 Å². The van der Waals surface area contributed by atoms with Crippen molar-refractivity contribution in [1.29, 1.82) is 0 Å². The van der Waals surface area contributed by atoms with Crippen LogP contribution < -0.4 is 15.0 Å². The van der Waals surface area contributed by atoms with E-state index >= 15 is 0 Å². The van der Waals surface area contributed by atoms with Crippen LogP contribution in [0.3, 0.4) is 0 Å². The molecule has 2 unspecified atom stereocenters. The van der Waals surface area contributed by atoms with E-state index in [9.17, 15) is 4.39 Å². The Labute approximate surface area is 108 Å². The highest BCUT2D eigenvalue weighted by atomic mass is 19.1. The molecule has 2 rings (SSSR count). The molecule has 0 bridgehead atoms. The van der Waals surface area contributed by atoms with Gasteiger partial charge in [-0.1, -0.05) is 0 Å². The third-order valence-electron chi connectivity index (χ3n) is 3.74. The summed E-state index contributed by atoms with van der Waals surface area (Å²) in [5.74, 6) is 0.359. The topological polar surface area (TPSA) is 24.5 Å². The highest BCUT2D eigenvalue weighted by Crippen LogP contribution is 2.33. The summed E-state index contributed by atoms with van der Waals surface area (Å²) in [6, 6.07) is 5.75. The summed E-state index contributed by atoms with van der Waals surface area (Å²) in [6.45, 7) is 3.17. The van der Waals surface area contributed by atoms with Gasteiger partial charge in [0.05, 0.1) is 12.8 Å². The van der Waals surface area contributed by atoms with Gasteiger partial charge >= 0.3 is 0 Å². The molecule has 18 heavy (non-hydrogen) atoms. The first-order valence-electron chi connectivity index (χ1n) is 6.43. The largest absolute Gasteiger partial charge is 0.494 e. The van der Waals surface area contributed by atoms with Crippen LogP contribution in [0.4, 0.5) is 10.1 Å². The van der Waals surface area contributed by atoms with Crippen LogP contribution in [0.25, 0.3) is 0 Å². The molecule has 100 valence electrons. The fraction of sp³-hybridized carbons (Fsp3) is 0.571. The van der Waals surface area contributed by atoms with Gasteiger partial charge in [-0.05, 0) is 38.9 Å². The summed E-state index contributed by atoms with van der Waals surface area (Å²) in [6.07, 6.45) is 2.19. The van der Waals surface area contributed by atoms with Crippen molar-refractivity contribution in [3.8, 4) is 5.75 Å². The number of anilines is 1. The average molecular weight is 252 g/mol. The smallest absolute Gasteiger partial charge is 0.145 e. The van der Waals surface area contributed by atoms with Gasteiger partial charge in [0, 0.05) is 24.7 Å². The van der Waals surface area contributed by atoms with Gasteiger partial charge in [-0.3, -0.25) is 0 Å². The first-order chi connectivity index (χ1) is 8.65. The lowest BCUT2D eigenvalue weighted by atomic mass is 9.97. The summed E-state index contributed by atoms with van der Waals surface area (Å²) in [4.78, 5) is 2.30. The minimum Gasteiger partial charge on any atom is -0.494 e. The first kappa shape index (κ1) is 13.1. The van der Waals surface area contributed by atoms with Crippen LogP contribution >= 0.6 is 0 Å². The molecule has 1 aromatic carbocycles. The van der Waals surface area contributed by atoms with E-state index in [2.05, 4.69) is 17.1 Å². The summed E-state index contributed by atoms with van der Waals surface area (Å²) in [7, 11) is 3.59. The lowest BCUT2D eigenvalue weighted by Gasteiger charge is -2.39. The predicted molar refractivity (Wildman–Crippen MR) is 71.8 cm³/mol. The van der Waals surface area contributed by atoms with E-state index in [1.807, 2.05) is 13.1 Å². The van der Waals surface area contributed by atoms with Crippen molar-refractivity contribution >= 4 is 5.69 Å². The number of piperidine rings is 1. The van der Waals surface area contributed by atoms with Crippen molar-refractivity contribution in [2.45, 2.75) is 31.8 Å². The molecule has 1 fully saturated rings. The summed E-state index contributed by atoms with van der Waals surface area (Å²) >= 11 is 0. The van der Waals surface area contributed by atoms with E-state index in [1.165, 1.54) is 12.1 Å². The monoisotopic (exact) mass is 252 g/mol. The normalized spacial score (nSPS) is 24.1. The molecule has 1 aromatic rings. The van der Waals surface area contributed by atoms with Crippen LogP contribution in [0.2, 0.25) is 0 Å². The molecule has 0 aromatic heterocycles. The summed E-state index contributed by atoms with van der Waals surface area (Å²) in [5.41, 5.74) is 0.987. The Bertz CT molecular complexity index is 411. The maximum absolute atomic E-state index is 13.2. The zero-order valence-electron chi connectivity index (χ0n) is 11.2. The van der Waals surface area contributed by atoms with Crippen molar-refractivity contribution < 1.29 is 9.13 Å². The molecule has 2 atom stereocenters. The molecule has 3 nitrogen and oxygen atoms in total. The Morgan fingerprint density at radius 2 is 2.22 bits per heavy atom. The average Bonchev–Trinajstić information content (AvgIpc) is 2.39. The molecule has 0 radical (unpaired) electrons. The van der Waals surface area contributed by atoms with Crippen molar-refractivity contribution in [3.63, 3.8) is 0 Å². The second kappa shape index (κ2) is 5.57. The summed E-state index contributed by atoms with van der Waals surface area (Å²) < 4.78 is 18.5. The number of benzene rings is 1. The van der Waals surface area contributed by atoms with E-state index in [0.29, 0.717) is 17.8 Å². The highest BCUT2D eigenvalue weighted by molar-refractivity contribution is 5.59. The fourth-order valence-corrected chi connectivity index (χ4v) is 2.68. The number of halogens is 1. The fourth-order valence-electron chi connectivity index (χ4n) is 2.68. The van der Waals surface area contributed by atoms with Gasteiger partial charge in [-0.15, -0.1) is 0 Å². The number of hydrogen-bond acceptors (Lipinski definition) is 3. The molecule has 1 saturated heterocycles. The quantitative estimate of drug-likeness (QED) is 0.894. The Kier molecular flexibility index (Phi) is 4.07. The predicted octanol–water partition coefficient (Wildman–Crippen LogP) is 2.41. The third kappa shape index (κ3) is 2.58. The van der Waals surface area contributed by atoms with Crippen LogP contribution in [0.5, 0.6) is 5.75 Å². The maximum atomic E-state index is 13.2. The molecule has 4 heteroatoms. The Morgan fingerprint density at radius 1 is 1.44 bits per heavy atom. The van der Waals surface area contributed by atoms with Gasteiger partial charge in [0.1, 0.15) is 11.6 Å². The maximum Gasteiger partial charge on any atom is 0.145 e. The van der Waals surface area contributed by atoms with Gasteiger partial charge in [0.25, 0.3) is 0 Å². The van der Waals surface area contributed by atoms with Crippen LogP contribution in [0.1, 0.15) is 19.8 Å². The molecule has 0 aliphatic carbocycles. The molecule has 1 aliphatic rings. The molecule has 0 saturated carbocycles. The molecule has 1 aliphatic heterocycles. The minimum absolute atomic E-state index is 0.256. The second-order valence-electron chi connectivity index (χ2n) is 4.87. The third-order valence-corrected chi connectivity index (χ3v) is 3.74. The Hall–Kier alpha value is -1.29. The molecular weight excluding hydrogens is 231 g/mol. The number of hydrogen-bond donors (Lipinski definition) is 1. The SMILES string of the molecule is CNC1CCN(c2ccc(F)cc2OC)C(C)C1. The number of methoxy groups -OCH3 is 1. The van der Waals surface area contributed by atoms with Crippen molar-refractivity contribution in [1.82, 2.24) is 5.32 Å². The van der Waals surface area contributed by atoms with Crippen LogP contribution in [-0.4, -0.2) is 32.8 Å². The zero-order valence-corrected chi connectivity index (χ0v) is 11.2. The molecule has 1 heterocycles. The van der Waals surface area contributed by atoms with Crippen LogP contribution in [0.15, 0.2) is 18.2 Å². The molecular formula is C14H21FN2O. The van der Waals surface area contributed by atoms with Gasteiger partial charge < -0.3 is 15.0 Å². The van der Waals surface area contributed by atoms with E-state index in [1.54, 1.807) is 7.11 Å². The lowest BCUT2D eigenvalue weighted by molar-refractivity contribution is 0.375. The van der Waals surface area contributed by atoms with Gasteiger partial charge in [-0.2, -0.15) is 0 Å². The number of nitrogens with zero attached hydrogens (tertiary/aromatic N) is 1. The van der Waals surface area contributed by atoms with Gasteiger partial charge in [-0.25, -0.2) is 4.39 Å². The van der Waals surface area contributed by atoms with Crippen molar-refractivity contribution in [2.24, 2.45) is 0 Å². The van der Waals surface area contributed by atoms with E-state index < -0.39 is 0 Å². The minimum atomic E-state index is -0.256. The molecule has 0 spiro atoms. The highest BCUT2D eigenvalue weighted by Gasteiger charge is 2.26. The summed E-state index contributed by atoms with van der Waals surface area (Å²) in [5, 5.41) is 3.33. The number of ether oxygens (including phenoxy) is 1. The van der Waals surface area contributed by atoms with Crippen LogP contribution in [0, 0.1) is 5.82 Å². The van der Waals surface area contributed by atoms with Crippen LogP contribution in [-0.2, 0) is 0 Å². The van der Waals surface area contributed by atoms with E-state index in [-0.39, 0.29) is 5.82 Å². The standard InChI is InChI=1S/C14H21FN2O/c1-10-8-12(16-2)6-7-17(10)13-5-4-11(15)9-14(13)18-3/h4-5,9-10,12,16H,6-8H2,1-3H3. The second-order valence-corrected chi connectivity index (χ2v) is 4.87. The van der Waals surface area contributed by atoms with Crippen molar-refractivity contribution in [3.05, 3.63) is 24.0 Å². The van der Waals surface area contributed by atoms with E-state index in [4.69, 9.17) is 4.74 Å². The first-order valence-corrected chi connectivity index (χ1v) is 6.43. The zero-order chi connectivity index (χ0) is 13.1. The lowest BCUT2D eigenvalue weighted by Crippen LogP contribution is -2.46. The Balaban J connectivity index is 2.21. The Morgan fingerprint density at radius 3 is 2.83 bits per heavy atom. The van der Waals surface area contributed by atoms with Gasteiger partial charge in [0.15, 0.2) is 0 Å². The molecule has 0 amide bonds. The number of nitrogens with one attached hydrogen (secondary N) is 1. The number of rotatable bonds is 3.